The predicted molar refractivity (Wildman–Crippen MR) is 68.1 cm³/mol. The summed E-state index contributed by atoms with van der Waals surface area (Å²) >= 11 is 0. The Kier molecular flexibility index (Phi) is 2.54. The normalized spacial score (nSPS) is 22.6. The molecule has 2 aliphatic heterocycles. The Morgan fingerprint density at radius 3 is 3.00 bits per heavy atom. The van der Waals surface area contributed by atoms with Gasteiger partial charge in [0.1, 0.15) is 12.1 Å². The molecular formula is C13H20N4. The monoisotopic (exact) mass is 232 g/mol. The highest BCUT2D eigenvalue weighted by atomic mass is 15.2. The molecule has 0 aliphatic carbocycles. The lowest BCUT2D eigenvalue weighted by molar-refractivity contribution is 0.418. The van der Waals surface area contributed by atoms with Gasteiger partial charge in [-0.3, -0.25) is 0 Å². The zero-order chi connectivity index (χ0) is 11.9. The van der Waals surface area contributed by atoms with Crippen LogP contribution in [0, 0.1) is 5.41 Å². The molecule has 0 bridgehead atoms. The third-order valence-corrected chi connectivity index (χ3v) is 3.83. The van der Waals surface area contributed by atoms with Crippen molar-refractivity contribution in [2.24, 2.45) is 5.41 Å². The number of nitrogens with zero attached hydrogens (tertiary/aromatic N) is 3. The lowest BCUT2D eigenvalue weighted by Gasteiger charge is -2.25. The molecule has 0 radical (unpaired) electrons. The summed E-state index contributed by atoms with van der Waals surface area (Å²) in [5, 5.41) is 3.42. The molecule has 1 saturated heterocycles. The van der Waals surface area contributed by atoms with Crippen LogP contribution >= 0.6 is 0 Å². The second kappa shape index (κ2) is 3.95. The third kappa shape index (κ3) is 2.02. The zero-order valence-corrected chi connectivity index (χ0v) is 10.7. The molecule has 4 nitrogen and oxygen atoms in total. The maximum absolute atomic E-state index is 4.51. The largest absolute Gasteiger partial charge is 0.356 e. The molecule has 17 heavy (non-hydrogen) atoms. The summed E-state index contributed by atoms with van der Waals surface area (Å²) in [7, 11) is 0. The Morgan fingerprint density at radius 1 is 1.35 bits per heavy atom. The number of hydrogen-bond donors (Lipinski definition) is 1. The molecule has 1 aromatic heterocycles. The van der Waals surface area contributed by atoms with E-state index in [2.05, 4.69) is 34.0 Å². The van der Waals surface area contributed by atoms with Gasteiger partial charge in [0, 0.05) is 38.2 Å². The molecule has 0 unspecified atom stereocenters. The number of fused-ring (bicyclic) bond motifs is 1. The summed E-state index contributed by atoms with van der Waals surface area (Å²) in [4.78, 5) is 11.3. The van der Waals surface area contributed by atoms with Crippen molar-refractivity contribution in [2.45, 2.75) is 33.2 Å². The second-order valence-electron chi connectivity index (χ2n) is 5.89. The molecule has 3 rings (SSSR count). The summed E-state index contributed by atoms with van der Waals surface area (Å²) in [5.74, 6) is 1.16. The van der Waals surface area contributed by atoms with Crippen LogP contribution in [-0.4, -0.2) is 29.6 Å². The fourth-order valence-corrected chi connectivity index (χ4v) is 2.82. The van der Waals surface area contributed by atoms with Crippen LogP contribution in [0.3, 0.4) is 0 Å². The topological polar surface area (TPSA) is 41.1 Å². The first-order valence-corrected chi connectivity index (χ1v) is 6.44. The highest BCUT2D eigenvalue weighted by Gasteiger charge is 2.31. The fourth-order valence-electron chi connectivity index (χ4n) is 2.82. The molecule has 0 saturated carbocycles. The molecule has 2 aliphatic rings. The standard InChI is InChI=1S/C13H20N4/c1-13(2)4-6-17(8-13)12-10-7-14-5-3-11(10)15-9-16-12/h9,14H,3-8H2,1-2H3. The van der Waals surface area contributed by atoms with Crippen LogP contribution in [0.15, 0.2) is 6.33 Å². The number of rotatable bonds is 1. The molecule has 3 heterocycles. The van der Waals surface area contributed by atoms with Gasteiger partial charge < -0.3 is 10.2 Å². The van der Waals surface area contributed by atoms with Crippen LogP contribution in [0.25, 0.3) is 0 Å². The van der Waals surface area contributed by atoms with Crippen LogP contribution < -0.4 is 10.2 Å². The van der Waals surface area contributed by atoms with Gasteiger partial charge in [-0.25, -0.2) is 9.97 Å². The first-order valence-electron chi connectivity index (χ1n) is 6.44. The van der Waals surface area contributed by atoms with Gasteiger partial charge in [-0.05, 0) is 11.8 Å². The molecule has 1 N–H and O–H groups in total. The van der Waals surface area contributed by atoms with E-state index in [-0.39, 0.29) is 0 Å². The highest BCUT2D eigenvalue weighted by Crippen LogP contribution is 2.33. The van der Waals surface area contributed by atoms with E-state index < -0.39 is 0 Å². The number of hydrogen-bond acceptors (Lipinski definition) is 4. The SMILES string of the molecule is CC1(C)CCN(c2ncnc3c2CNCC3)C1. The van der Waals surface area contributed by atoms with Gasteiger partial charge in [-0.1, -0.05) is 13.8 Å². The van der Waals surface area contributed by atoms with E-state index in [1.807, 2.05) is 0 Å². The van der Waals surface area contributed by atoms with Gasteiger partial charge in [0.05, 0.1) is 5.69 Å². The van der Waals surface area contributed by atoms with Crippen LogP contribution in [0.1, 0.15) is 31.5 Å². The van der Waals surface area contributed by atoms with E-state index in [9.17, 15) is 0 Å². The lowest BCUT2D eigenvalue weighted by atomic mass is 9.93. The van der Waals surface area contributed by atoms with Crippen molar-refractivity contribution in [3.63, 3.8) is 0 Å². The van der Waals surface area contributed by atoms with Gasteiger partial charge >= 0.3 is 0 Å². The Hall–Kier alpha value is -1.16. The first-order chi connectivity index (χ1) is 8.16. The van der Waals surface area contributed by atoms with Crippen molar-refractivity contribution in [1.29, 1.82) is 0 Å². The van der Waals surface area contributed by atoms with Crippen molar-refractivity contribution < 1.29 is 0 Å². The molecule has 0 amide bonds. The Balaban J connectivity index is 1.93. The van der Waals surface area contributed by atoms with E-state index in [1.165, 1.54) is 17.7 Å². The van der Waals surface area contributed by atoms with Crippen molar-refractivity contribution in [3.8, 4) is 0 Å². The summed E-state index contributed by atoms with van der Waals surface area (Å²) in [6.07, 6.45) is 4.01. The molecule has 1 fully saturated rings. The van der Waals surface area contributed by atoms with E-state index in [4.69, 9.17) is 0 Å². The molecule has 92 valence electrons. The van der Waals surface area contributed by atoms with Gasteiger partial charge in [-0.15, -0.1) is 0 Å². The van der Waals surface area contributed by atoms with Crippen molar-refractivity contribution in [2.75, 3.05) is 24.5 Å². The minimum atomic E-state index is 0.417. The van der Waals surface area contributed by atoms with Crippen molar-refractivity contribution >= 4 is 5.82 Å². The lowest BCUT2D eigenvalue weighted by Crippen LogP contribution is -2.30. The minimum absolute atomic E-state index is 0.417. The van der Waals surface area contributed by atoms with Gasteiger partial charge in [0.15, 0.2) is 0 Å². The summed E-state index contributed by atoms with van der Waals surface area (Å²) in [6, 6.07) is 0. The molecule has 4 heteroatoms. The predicted octanol–water partition coefficient (Wildman–Crippen LogP) is 1.36. The van der Waals surface area contributed by atoms with Gasteiger partial charge in [0.25, 0.3) is 0 Å². The van der Waals surface area contributed by atoms with Gasteiger partial charge in [0.2, 0.25) is 0 Å². The second-order valence-corrected chi connectivity index (χ2v) is 5.89. The molecule has 1 aromatic rings. The molecule has 0 atom stereocenters. The Morgan fingerprint density at radius 2 is 2.24 bits per heavy atom. The van der Waals surface area contributed by atoms with Crippen LogP contribution in [0.5, 0.6) is 0 Å². The van der Waals surface area contributed by atoms with Gasteiger partial charge in [-0.2, -0.15) is 0 Å². The van der Waals surface area contributed by atoms with E-state index in [1.54, 1.807) is 6.33 Å². The number of aromatic nitrogens is 2. The summed E-state index contributed by atoms with van der Waals surface area (Å²) < 4.78 is 0. The third-order valence-electron chi connectivity index (χ3n) is 3.83. The minimum Gasteiger partial charge on any atom is -0.356 e. The first kappa shape index (κ1) is 11.0. The van der Waals surface area contributed by atoms with Crippen molar-refractivity contribution in [1.82, 2.24) is 15.3 Å². The summed E-state index contributed by atoms with van der Waals surface area (Å²) in [5.41, 5.74) is 2.97. The number of anilines is 1. The van der Waals surface area contributed by atoms with Crippen LogP contribution in [0.2, 0.25) is 0 Å². The van der Waals surface area contributed by atoms with Crippen LogP contribution in [-0.2, 0) is 13.0 Å². The molecular weight excluding hydrogens is 212 g/mol. The maximum atomic E-state index is 4.51. The van der Waals surface area contributed by atoms with Crippen LogP contribution in [0.4, 0.5) is 5.82 Å². The van der Waals surface area contributed by atoms with E-state index in [0.717, 1.165) is 38.4 Å². The Labute approximate surface area is 102 Å². The fraction of sp³-hybridized carbons (Fsp3) is 0.692. The smallest absolute Gasteiger partial charge is 0.136 e. The van der Waals surface area contributed by atoms with E-state index in [0.29, 0.717) is 5.41 Å². The average molecular weight is 232 g/mol. The highest BCUT2D eigenvalue weighted by molar-refractivity contribution is 5.50. The number of nitrogens with one attached hydrogen (secondary N) is 1. The maximum Gasteiger partial charge on any atom is 0.136 e. The zero-order valence-electron chi connectivity index (χ0n) is 10.7. The quantitative estimate of drug-likeness (QED) is 0.794. The van der Waals surface area contributed by atoms with E-state index >= 15 is 0 Å². The molecule has 0 spiro atoms. The molecule has 0 aromatic carbocycles. The summed E-state index contributed by atoms with van der Waals surface area (Å²) in [6.45, 7) is 8.85. The van der Waals surface area contributed by atoms with Crippen molar-refractivity contribution in [3.05, 3.63) is 17.6 Å². The average Bonchev–Trinajstić information content (AvgIpc) is 2.69. The Bertz CT molecular complexity index is 427.